The van der Waals surface area contributed by atoms with Gasteiger partial charge in [0.2, 0.25) is 0 Å². The van der Waals surface area contributed by atoms with E-state index in [1.807, 2.05) is 55.4 Å². The van der Waals surface area contributed by atoms with Crippen molar-refractivity contribution in [1.82, 2.24) is 0 Å². The molecule has 1 aliphatic carbocycles. The number of unbranched alkanes of at least 4 members (excludes halogenated alkanes) is 8. The Balaban J connectivity index is 4.44. The van der Waals surface area contributed by atoms with Crippen molar-refractivity contribution in [3.8, 4) is 0 Å². The summed E-state index contributed by atoms with van der Waals surface area (Å²) >= 11 is 0. The molecule has 6 atom stereocenters. The summed E-state index contributed by atoms with van der Waals surface area (Å²) < 4.78 is 146. The summed E-state index contributed by atoms with van der Waals surface area (Å²) in [6.45, 7) is 19.0. The van der Waals surface area contributed by atoms with Gasteiger partial charge >= 0.3 is 31.3 Å². The van der Waals surface area contributed by atoms with Crippen molar-refractivity contribution in [2.45, 2.75) is 209 Å². The Hall–Kier alpha value is 0.360. The standard InChI is InChI=1S/C42H88O18P4/c1-11-21-29-49-61(43,50-30-22-12-2)57-39-37(47-19-9)41(59-63(45,53-33-25-15-5)54-34-26-16-6)42(60-64(46,55-35-27-17-7)56-36-28-18-8)38(48-20-10)40(39)58-62(44,51-31-23-13-3)52-32-24-14-4/h37-42H,11-36H2,1-10H3/t37?,38?,39-,40-,41+,42+. The molecule has 0 aliphatic heterocycles. The number of phosphoric acid groups is 4. The van der Waals surface area contributed by atoms with Crippen LogP contribution in [0.5, 0.6) is 0 Å². The molecule has 1 fully saturated rings. The summed E-state index contributed by atoms with van der Waals surface area (Å²) in [7, 11) is -18.2. The van der Waals surface area contributed by atoms with E-state index in [0.717, 1.165) is 0 Å². The van der Waals surface area contributed by atoms with E-state index in [1.165, 1.54) is 0 Å². The Morgan fingerprint density at radius 1 is 0.266 bits per heavy atom. The molecule has 0 aromatic heterocycles. The molecule has 0 radical (unpaired) electrons. The molecule has 0 spiro atoms. The predicted octanol–water partition coefficient (Wildman–Crippen LogP) is 13.3. The van der Waals surface area contributed by atoms with E-state index in [1.54, 1.807) is 13.8 Å². The van der Waals surface area contributed by atoms with Crippen LogP contribution in [0.3, 0.4) is 0 Å². The summed E-state index contributed by atoms with van der Waals surface area (Å²) in [5.74, 6) is 0. The van der Waals surface area contributed by atoms with E-state index in [9.17, 15) is 18.3 Å². The lowest BCUT2D eigenvalue weighted by Gasteiger charge is -2.50. The Kier molecular flexibility index (Phi) is 35.4. The third-order valence-corrected chi connectivity index (χ3v) is 15.6. The molecule has 2 unspecified atom stereocenters. The first-order chi connectivity index (χ1) is 30.8. The number of phosphoric ester groups is 4. The molecular weight excluding hydrogens is 916 g/mol. The lowest BCUT2D eigenvalue weighted by molar-refractivity contribution is -0.233. The highest BCUT2D eigenvalue weighted by Gasteiger charge is 2.62. The Bertz CT molecular complexity index is 1100. The van der Waals surface area contributed by atoms with Gasteiger partial charge in [-0.15, -0.1) is 0 Å². The van der Waals surface area contributed by atoms with Crippen LogP contribution in [0.1, 0.15) is 172 Å². The predicted molar refractivity (Wildman–Crippen MR) is 248 cm³/mol. The van der Waals surface area contributed by atoms with Crippen LogP contribution in [0, 0.1) is 0 Å². The van der Waals surface area contributed by atoms with Gasteiger partial charge in [0.25, 0.3) is 0 Å². The first-order valence-corrected chi connectivity index (χ1v) is 30.1. The molecule has 0 aromatic rings. The number of hydrogen-bond acceptors (Lipinski definition) is 18. The number of rotatable bonds is 44. The second kappa shape index (κ2) is 36.3. The molecule has 18 nitrogen and oxygen atoms in total. The minimum absolute atomic E-state index is 0.00979. The Morgan fingerprint density at radius 3 is 0.547 bits per heavy atom. The van der Waals surface area contributed by atoms with Crippen molar-refractivity contribution >= 4 is 31.3 Å². The van der Waals surface area contributed by atoms with E-state index in [2.05, 4.69) is 0 Å². The molecule has 1 aliphatic rings. The number of hydrogen-bond donors (Lipinski definition) is 0. The van der Waals surface area contributed by atoms with Crippen LogP contribution in [-0.4, -0.2) is 103 Å². The smallest absolute Gasteiger partial charge is 0.373 e. The van der Waals surface area contributed by atoms with Gasteiger partial charge in [-0.3, -0.25) is 54.3 Å². The highest BCUT2D eigenvalue weighted by atomic mass is 31.2. The van der Waals surface area contributed by atoms with Gasteiger partial charge in [0.15, 0.2) is 0 Å². The maximum absolute atomic E-state index is 14.9. The topological polar surface area (TPSA) is 197 Å². The van der Waals surface area contributed by atoms with Crippen LogP contribution in [-0.2, 0) is 82.0 Å². The second-order valence-electron chi connectivity index (χ2n) is 15.4. The minimum Gasteiger partial charge on any atom is -0.373 e. The fourth-order valence-corrected chi connectivity index (χ4v) is 11.7. The molecule has 0 saturated heterocycles. The fraction of sp³-hybridized carbons (Fsp3) is 1.00. The molecule has 0 bridgehead atoms. The molecule has 0 amide bonds. The first-order valence-electron chi connectivity index (χ1n) is 24.3. The van der Waals surface area contributed by atoms with Crippen LogP contribution < -0.4 is 0 Å². The van der Waals surface area contributed by atoms with Crippen LogP contribution in [0.15, 0.2) is 0 Å². The third-order valence-electron chi connectivity index (χ3n) is 9.64. The van der Waals surface area contributed by atoms with Gasteiger partial charge in [0, 0.05) is 13.2 Å². The summed E-state index contributed by atoms with van der Waals surface area (Å²) in [4.78, 5) is 0. The average molecular weight is 1010 g/mol. The van der Waals surface area contributed by atoms with Gasteiger partial charge in [0.1, 0.15) is 36.6 Å². The first kappa shape index (κ1) is 62.4. The molecule has 0 heterocycles. The van der Waals surface area contributed by atoms with E-state index in [4.69, 9.17) is 63.8 Å². The Morgan fingerprint density at radius 2 is 0.422 bits per heavy atom. The quantitative estimate of drug-likeness (QED) is 0.0412. The molecule has 384 valence electrons. The highest BCUT2D eigenvalue weighted by Crippen LogP contribution is 2.61. The molecule has 0 aromatic carbocycles. The van der Waals surface area contributed by atoms with Crippen molar-refractivity contribution in [3.63, 3.8) is 0 Å². The van der Waals surface area contributed by atoms with Crippen molar-refractivity contribution < 1.29 is 82.0 Å². The van der Waals surface area contributed by atoms with Crippen LogP contribution in [0.4, 0.5) is 0 Å². The fourth-order valence-electron chi connectivity index (χ4n) is 5.92. The van der Waals surface area contributed by atoms with Crippen molar-refractivity contribution in [2.24, 2.45) is 0 Å². The molecule has 22 heteroatoms. The summed E-state index contributed by atoms with van der Waals surface area (Å²) in [6.07, 6.45) is 0.386. The Labute approximate surface area is 386 Å². The van der Waals surface area contributed by atoms with Gasteiger partial charge in [-0.05, 0) is 65.2 Å². The van der Waals surface area contributed by atoms with Gasteiger partial charge < -0.3 is 9.47 Å². The maximum atomic E-state index is 14.9. The molecule has 64 heavy (non-hydrogen) atoms. The van der Waals surface area contributed by atoms with Crippen LogP contribution in [0.25, 0.3) is 0 Å². The van der Waals surface area contributed by atoms with Gasteiger partial charge in [-0.1, -0.05) is 107 Å². The summed E-state index contributed by atoms with van der Waals surface area (Å²) in [5.41, 5.74) is 0. The SMILES string of the molecule is CCCCOP(=O)(OCCCC)O[C@@H]1C(OCC)[C@H](OP(=O)(OCCCC)OCCCC)[C@@H](OP(=O)(OCCCC)OCCCC)C(OCC)[C@H]1OP(=O)(OCCCC)OCCCC. The molecule has 1 saturated carbocycles. The van der Waals surface area contributed by atoms with E-state index in [0.29, 0.717) is 103 Å². The van der Waals surface area contributed by atoms with E-state index >= 15 is 0 Å². The third kappa shape index (κ3) is 24.3. The molecule has 1 rings (SSSR count). The normalized spacial score (nSPS) is 21.2. The zero-order valence-electron chi connectivity index (χ0n) is 41.0. The summed E-state index contributed by atoms with van der Waals surface area (Å²) in [5, 5.41) is 0. The zero-order chi connectivity index (χ0) is 47.7. The van der Waals surface area contributed by atoms with Crippen LogP contribution >= 0.6 is 31.3 Å². The largest absolute Gasteiger partial charge is 0.475 e. The lowest BCUT2D eigenvalue weighted by Crippen LogP contribution is -2.67. The van der Waals surface area contributed by atoms with E-state index in [-0.39, 0.29) is 66.1 Å². The van der Waals surface area contributed by atoms with Crippen LogP contribution in [0.2, 0.25) is 0 Å². The van der Waals surface area contributed by atoms with Gasteiger partial charge in [-0.25, -0.2) is 18.3 Å². The zero-order valence-corrected chi connectivity index (χ0v) is 44.6. The number of ether oxygens (including phenoxy) is 2. The summed E-state index contributed by atoms with van der Waals surface area (Å²) in [6, 6.07) is 0. The monoisotopic (exact) mass is 1000 g/mol. The molecular formula is C42H88O18P4. The highest BCUT2D eigenvalue weighted by molar-refractivity contribution is 7.49. The van der Waals surface area contributed by atoms with E-state index < -0.39 is 67.9 Å². The van der Waals surface area contributed by atoms with Crippen molar-refractivity contribution in [1.29, 1.82) is 0 Å². The minimum atomic E-state index is -4.55. The average Bonchev–Trinajstić information content (AvgIpc) is 3.25. The molecule has 0 N–H and O–H groups in total. The maximum Gasteiger partial charge on any atom is 0.475 e. The second-order valence-corrected chi connectivity index (χ2v) is 21.9. The van der Waals surface area contributed by atoms with Gasteiger partial charge in [-0.2, -0.15) is 0 Å². The van der Waals surface area contributed by atoms with Crippen molar-refractivity contribution in [2.75, 3.05) is 66.1 Å². The van der Waals surface area contributed by atoms with Gasteiger partial charge in [0.05, 0.1) is 52.9 Å². The lowest BCUT2D eigenvalue weighted by atomic mass is 9.84. The van der Waals surface area contributed by atoms with Crippen molar-refractivity contribution in [3.05, 3.63) is 0 Å².